The van der Waals surface area contributed by atoms with Crippen LogP contribution >= 0.6 is 34.8 Å². The van der Waals surface area contributed by atoms with Gasteiger partial charge in [-0.2, -0.15) is 0 Å². The molecule has 0 heterocycles. The van der Waals surface area contributed by atoms with Crippen molar-refractivity contribution >= 4 is 58.0 Å². The highest BCUT2D eigenvalue weighted by Gasteiger charge is 2.13. The van der Waals surface area contributed by atoms with Crippen LogP contribution in [0, 0.1) is 0 Å². The smallest absolute Gasteiger partial charge is 0.257 e. The molecular formula is C20H13Cl3N2O2. The van der Waals surface area contributed by atoms with Gasteiger partial charge >= 0.3 is 0 Å². The summed E-state index contributed by atoms with van der Waals surface area (Å²) in [7, 11) is 0. The lowest BCUT2D eigenvalue weighted by Gasteiger charge is -2.11. The van der Waals surface area contributed by atoms with Gasteiger partial charge in [-0.15, -0.1) is 0 Å². The summed E-state index contributed by atoms with van der Waals surface area (Å²) in [5.41, 5.74) is 1.60. The molecule has 2 amide bonds. The van der Waals surface area contributed by atoms with Crippen molar-refractivity contribution in [1.82, 2.24) is 0 Å². The molecule has 0 saturated heterocycles. The molecule has 0 unspecified atom stereocenters. The number of rotatable bonds is 4. The van der Waals surface area contributed by atoms with Gasteiger partial charge in [0, 0.05) is 27.0 Å². The van der Waals surface area contributed by atoms with Crippen LogP contribution in [0.1, 0.15) is 20.7 Å². The van der Waals surface area contributed by atoms with E-state index in [4.69, 9.17) is 34.8 Å². The third kappa shape index (κ3) is 5.01. The first-order valence-corrected chi connectivity index (χ1v) is 8.99. The molecule has 3 aromatic carbocycles. The van der Waals surface area contributed by atoms with Crippen molar-refractivity contribution in [3.05, 3.63) is 92.9 Å². The fourth-order valence-corrected chi connectivity index (χ4v) is 3.01. The molecule has 2 N–H and O–H groups in total. The summed E-state index contributed by atoms with van der Waals surface area (Å²) in [4.78, 5) is 24.8. The number of benzene rings is 3. The van der Waals surface area contributed by atoms with Crippen molar-refractivity contribution in [3.63, 3.8) is 0 Å². The second-order valence-corrected chi connectivity index (χ2v) is 6.91. The van der Waals surface area contributed by atoms with Gasteiger partial charge in [0.05, 0.1) is 10.6 Å². The van der Waals surface area contributed by atoms with Gasteiger partial charge in [0.15, 0.2) is 0 Å². The van der Waals surface area contributed by atoms with Crippen molar-refractivity contribution in [2.24, 2.45) is 0 Å². The molecule has 0 aromatic heterocycles. The van der Waals surface area contributed by atoms with E-state index >= 15 is 0 Å². The number of halogens is 3. The van der Waals surface area contributed by atoms with Crippen LogP contribution in [0.2, 0.25) is 15.1 Å². The first-order valence-electron chi connectivity index (χ1n) is 7.86. The summed E-state index contributed by atoms with van der Waals surface area (Å²) in [5, 5.41) is 6.48. The predicted molar refractivity (Wildman–Crippen MR) is 110 cm³/mol. The number of hydrogen-bond donors (Lipinski definition) is 2. The number of hydrogen-bond acceptors (Lipinski definition) is 2. The second-order valence-electron chi connectivity index (χ2n) is 5.63. The highest BCUT2D eigenvalue weighted by molar-refractivity contribution is 6.36. The van der Waals surface area contributed by atoms with Crippen molar-refractivity contribution < 1.29 is 9.59 Å². The Kier molecular flexibility index (Phi) is 6.01. The average molecular weight is 420 g/mol. The van der Waals surface area contributed by atoms with Gasteiger partial charge in [0.2, 0.25) is 0 Å². The molecule has 0 aliphatic carbocycles. The first kappa shape index (κ1) is 19.2. The third-order valence-electron chi connectivity index (χ3n) is 3.62. The number of anilines is 2. The summed E-state index contributed by atoms with van der Waals surface area (Å²) < 4.78 is 0. The summed E-state index contributed by atoms with van der Waals surface area (Å²) >= 11 is 18.1. The van der Waals surface area contributed by atoms with E-state index < -0.39 is 5.91 Å². The Morgan fingerprint density at radius 3 is 1.96 bits per heavy atom. The minimum Gasteiger partial charge on any atom is -0.322 e. The van der Waals surface area contributed by atoms with Crippen LogP contribution < -0.4 is 10.6 Å². The maximum atomic E-state index is 12.5. The summed E-state index contributed by atoms with van der Waals surface area (Å²) in [6, 6.07) is 18.1. The molecule has 0 atom stereocenters. The zero-order valence-corrected chi connectivity index (χ0v) is 16.1. The largest absolute Gasteiger partial charge is 0.322 e. The summed E-state index contributed by atoms with van der Waals surface area (Å²) in [6.45, 7) is 0. The normalized spacial score (nSPS) is 10.3. The van der Waals surface area contributed by atoms with Crippen LogP contribution in [0.5, 0.6) is 0 Å². The second kappa shape index (κ2) is 8.44. The minimum absolute atomic E-state index is 0.235. The Hall–Kier alpha value is -2.53. The quantitative estimate of drug-likeness (QED) is 0.533. The first-order chi connectivity index (χ1) is 12.9. The highest BCUT2D eigenvalue weighted by atomic mass is 35.5. The number of amides is 2. The van der Waals surface area contributed by atoms with Crippen molar-refractivity contribution in [2.45, 2.75) is 0 Å². The molecule has 27 heavy (non-hydrogen) atoms. The van der Waals surface area contributed by atoms with E-state index in [0.717, 1.165) is 0 Å². The van der Waals surface area contributed by atoms with Crippen LogP contribution in [0.15, 0.2) is 66.7 Å². The van der Waals surface area contributed by atoms with E-state index in [1.165, 1.54) is 6.07 Å². The van der Waals surface area contributed by atoms with E-state index in [9.17, 15) is 9.59 Å². The maximum absolute atomic E-state index is 12.5. The fourth-order valence-electron chi connectivity index (χ4n) is 2.40. The molecule has 3 aromatic rings. The molecule has 3 rings (SSSR count). The molecule has 0 spiro atoms. The number of nitrogens with one attached hydrogen (secondary N) is 2. The molecule has 0 saturated carbocycles. The van der Waals surface area contributed by atoms with Crippen LogP contribution in [-0.4, -0.2) is 11.8 Å². The Morgan fingerprint density at radius 1 is 0.667 bits per heavy atom. The Morgan fingerprint density at radius 2 is 1.30 bits per heavy atom. The fraction of sp³-hybridized carbons (Fsp3) is 0. The average Bonchev–Trinajstić information content (AvgIpc) is 2.63. The Balaban J connectivity index is 1.80. The molecule has 7 heteroatoms. The molecule has 0 aliphatic heterocycles. The molecule has 0 aliphatic rings. The lowest BCUT2D eigenvalue weighted by Crippen LogP contribution is -2.14. The van der Waals surface area contributed by atoms with E-state index in [2.05, 4.69) is 10.6 Å². The van der Waals surface area contributed by atoms with Gasteiger partial charge in [-0.3, -0.25) is 9.59 Å². The molecule has 0 fully saturated rings. The topological polar surface area (TPSA) is 58.2 Å². The van der Waals surface area contributed by atoms with Crippen LogP contribution in [-0.2, 0) is 0 Å². The van der Waals surface area contributed by atoms with Crippen LogP contribution in [0.25, 0.3) is 0 Å². The Labute approximate surface area is 171 Å². The van der Waals surface area contributed by atoms with Crippen molar-refractivity contribution in [2.75, 3.05) is 10.6 Å². The molecule has 0 radical (unpaired) electrons. The van der Waals surface area contributed by atoms with Gasteiger partial charge in [0.1, 0.15) is 0 Å². The van der Waals surface area contributed by atoms with Crippen molar-refractivity contribution in [3.8, 4) is 0 Å². The molecular weight excluding hydrogens is 407 g/mol. The maximum Gasteiger partial charge on any atom is 0.257 e. The van der Waals surface area contributed by atoms with Crippen molar-refractivity contribution in [1.29, 1.82) is 0 Å². The lowest BCUT2D eigenvalue weighted by molar-refractivity contribution is 0.101. The van der Waals surface area contributed by atoms with E-state index in [0.29, 0.717) is 27.0 Å². The van der Waals surface area contributed by atoms with Gasteiger partial charge in [-0.1, -0.05) is 53.0 Å². The standard InChI is InChI=1S/C20H13Cl3N2O2/c21-13-6-7-18(23)17(10-13)20(27)25-16-9-14(22)8-15(11-16)24-19(26)12-4-2-1-3-5-12/h1-11H,(H,24,26)(H,25,27). The van der Waals surface area contributed by atoms with Crippen LogP contribution in [0.4, 0.5) is 11.4 Å². The molecule has 0 bridgehead atoms. The zero-order valence-electron chi connectivity index (χ0n) is 13.8. The minimum atomic E-state index is -0.440. The summed E-state index contributed by atoms with van der Waals surface area (Å²) in [6.07, 6.45) is 0. The summed E-state index contributed by atoms with van der Waals surface area (Å²) in [5.74, 6) is -0.724. The zero-order chi connectivity index (χ0) is 19.4. The van der Waals surface area contributed by atoms with Gasteiger partial charge in [-0.25, -0.2) is 0 Å². The number of carbonyl (C=O) groups excluding carboxylic acids is 2. The van der Waals surface area contributed by atoms with E-state index in [-0.39, 0.29) is 16.5 Å². The predicted octanol–water partition coefficient (Wildman–Crippen LogP) is 6.15. The monoisotopic (exact) mass is 418 g/mol. The molecule has 4 nitrogen and oxygen atoms in total. The molecule has 136 valence electrons. The van der Waals surface area contributed by atoms with E-state index in [1.807, 2.05) is 6.07 Å². The highest BCUT2D eigenvalue weighted by Crippen LogP contribution is 2.26. The lowest BCUT2D eigenvalue weighted by atomic mass is 10.2. The van der Waals surface area contributed by atoms with Crippen LogP contribution in [0.3, 0.4) is 0 Å². The Bertz CT molecular complexity index is 1010. The number of carbonyl (C=O) groups is 2. The van der Waals surface area contributed by atoms with Gasteiger partial charge in [0.25, 0.3) is 11.8 Å². The van der Waals surface area contributed by atoms with E-state index in [1.54, 1.807) is 54.6 Å². The van der Waals surface area contributed by atoms with Gasteiger partial charge in [-0.05, 0) is 48.5 Å². The van der Waals surface area contributed by atoms with Gasteiger partial charge < -0.3 is 10.6 Å². The SMILES string of the molecule is O=C(Nc1cc(Cl)cc(NC(=O)c2cc(Cl)ccc2Cl)c1)c1ccccc1. The third-order valence-corrected chi connectivity index (χ3v) is 4.41.